The SMILES string of the molecule is CCC(N)Cc1cccc(OC)c1OCC1CCCCO1. The Morgan fingerprint density at radius 3 is 2.90 bits per heavy atom. The molecule has 1 saturated heterocycles. The number of benzene rings is 1. The summed E-state index contributed by atoms with van der Waals surface area (Å²) in [4.78, 5) is 0. The fourth-order valence-electron chi connectivity index (χ4n) is 2.59. The van der Waals surface area contributed by atoms with Crippen molar-refractivity contribution in [3.63, 3.8) is 0 Å². The van der Waals surface area contributed by atoms with Crippen LogP contribution in [0.5, 0.6) is 11.5 Å². The zero-order chi connectivity index (χ0) is 15.1. The second kappa shape index (κ2) is 8.25. The highest BCUT2D eigenvalue weighted by Gasteiger charge is 2.18. The summed E-state index contributed by atoms with van der Waals surface area (Å²) >= 11 is 0. The second-order valence-electron chi connectivity index (χ2n) is 5.62. The van der Waals surface area contributed by atoms with Gasteiger partial charge < -0.3 is 19.9 Å². The van der Waals surface area contributed by atoms with E-state index in [1.54, 1.807) is 7.11 Å². The number of nitrogens with two attached hydrogens (primary N) is 1. The van der Waals surface area contributed by atoms with Crippen LogP contribution in [0, 0.1) is 0 Å². The van der Waals surface area contributed by atoms with Crippen molar-refractivity contribution in [1.29, 1.82) is 0 Å². The first-order chi connectivity index (χ1) is 10.2. The molecular weight excluding hydrogens is 266 g/mol. The van der Waals surface area contributed by atoms with Gasteiger partial charge in [0.05, 0.1) is 13.2 Å². The molecule has 4 nitrogen and oxygen atoms in total. The van der Waals surface area contributed by atoms with Crippen molar-refractivity contribution < 1.29 is 14.2 Å². The van der Waals surface area contributed by atoms with Gasteiger partial charge in [0.2, 0.25) is 0 Å². The van der Waals surface area contributed by atoms with E-state index in [0.717, 1.165) is 49.4 Å². The highest BCUT2D eigenvalue weighted by atomic mass is 16.5. The molecule has 2 rings (SSSR count). The molecule has 1 aromatic rings. The van der Waals surface area contributed by atoms with Crippen LogP contribution in [0.1, 0.15) is 38.2 Å². The summed E-state index contributed by atoms with van der Waals surface area (Å²) in [5, 5.41) is 0. The molecule has 1 aromatic carbocycles. The fraction of sp³-hybridized carbons (Fsp3) is 0.647. The van der Waals surface area contributed by atoms with Gasteiger partial charge in [0, 0.05) is 12.6 Å². The molecule has 2 N–H and O–H groups in total. The number of para-hydroxylation sites is 1. The third-order valence-electron chi connectivity index (χ3n) is 3.97. The molecular formula is C17H27NO3. The van der Waals surface area contributed by atoms with Crippen LogP contribution in [0.3, 0.4) is 0 Å². The van der Waals surface area contributed by atoms with E-state index in [2.05, 4.69) is 13.0 Å². The third kappa shape index (κ3) is 4.61. The molecule has 1 heterocycles. The summed E-state index contributed by atoms with van der Waals surface area (Å²) in [6.45, 7) is 3.52. The van der Waals surface area contributed by atoms with Gasteiger partial charge in [-0.1, -0.05) is 19.1 Å². The molecule has 2 unspecified atom stereocenters. The first-order valence-corrected chi connectivity index (χ1v) is 7.90. The lowest BCUT2D eigenvalue weighted by Crippen LogP contribution is -2.26. The molecule has 0 radical (unpaired) electrons. The predicted octanol–water partition coefficient (Wildman–Crippen LogP) is 2.92. The summed E-state index contributed by atoms with van der Waals surface area (Å²) < 4.78 is 17.2. The topological polar surface area (TPSA) is 53.7 Å². The molecule has 0 saturated carbocycles. The van der Waals surface area contributed by atoms with Crippen LogP contribution in [0.25, 0.3) is 0 Å². The Morgan fingerprint density at radius 2 is 2.24 bits per heavy atom. The normalized spacial score (nSPS) is 20.0. The highest BCUT2D eigenvalue weighted by Crippen LogP contribution is 2.32. The van der Waals surface area contributed by atoms with E-state index in [-0.39, 0.29) is 12.1 Å². The van der Waals surface area contributed by atoms with Crippen LogP contribution in [-0.2, 0) is 11.2 Å². The lowest BCUT2D eigenvalue weighted by molar-refractivity contribution is -0.0116. The maximum absolute atomic E-state index is 6.08. The van der Waals surface area contributed by atoms with E-state index in [1.807, 2.05) is 12.1 Å². The van der Waals surface area contributed by atoms with Gasteiger partial charge in [-0.25, -0.2) is 0 Å². The summed E-state index contributed by atoms with van der Waals surface area (Å²) in [5.41, 5.74) is 7.19. The maximum Gasteiger partial charge on any atom is 0.164 e. The molecule has 0 spiro atoms. The van der Waals surface area contributed by atoms with Crippen LogP contribution < -0.4 is 15.2 Å². The standard InChI is InChI=1S/C17H27NO3/c1-3-14(18)11-13-7-6-9-16(19-2)17(13)21-12-15-8-4-5-10-20-15/h6-7,9,14-15H,3-5,8,10-12,18H2,1-2H3. The van der Waals surface area contributed by atoms with E-state index >= 15 is 0 Å². The molecule has 1 aliphatic heterocycles. The lowest BCUT2D eigenvalue weighted by atomic mass is 10.0. The molecule has 2 atom stereocenters. The molecule has 0 aliphatic carbocycles. The number of hydrogen-bond donors (Lipinski definition) is 1. The molecule has 0 amide bonds. The maximum atomic E-state index is 6.08. The van der Waals surface area contributed by atoms with E-state index in [1.165, 1.54) is 6.42 Å². The first-order valence-electron chi connectivity index (χ1n) is 7.90. The van der Waals surface area contributed by atoms with E-state index in [0.29, 0.717) is 6.61 Å². The lowest BCUT2D eigenvalue weighted by Gasteiger charge is -2.24. The average molecular weight is 293 g/mol. The Bertz CT molecular complexity index is 430. The van der Waals surface area contributed by atoms with Crippen molar-refractivity contribution in [2.45, 2.75) is 51.2 Å². The zero-order valence-corrected chi connectivity index (χ0v) is 13.1. The quantitative estimate of drug-likeness (QED) is 0.840. The van der Waals surface area contributed by atoms with Gasteiger partial charge in [0.15, 0.2) is 11.5 Å². The summed E-state index contributed by atoms with van der Waals surface area (Å²) in [7, 11) is 1.67. The highest BCUT2D eigenvalue weighted by molar-refractivity contribution is 5.47. The van der Waals surface area contributed by atoms with Gasteiger partial charge in [0.1, 0.15) is 6.61 Å². The number of hydrogen-bond acceptors (Lipinski definition) is 4. The molecule has 1 aliphatic rings. The largest absolute Gasteiger partial charge is 0.493 e. The van der Waals surface area contributed by atoms with E-state index < -0.39 is 0 Å². The van der Waals surface area contributed by atoms with Gasteiger partial charge in [-0.2, -0.15) is 0 Å². The molecule has 0 aromatic heterocycles. The van der Waals surface area contributed by atoms with Crippen LogP contribution in [0.4, 0.5) is 0 Å². The first kappa shape index (κ1) is 16.1. The molecule has 1 fully saturated rings. The van der Waals surface area contributed by atoms with Gasteiger partial charge in [-0.15, -0.1) is 0 Å². The van der Waals surface area contributed by atoms with Crippen LogP contribution in [-0.4, -0.2) is 32.5 Å². The van der Waals surface area contributed by atoms with Gasteiger partial charge >= 0.3 is 0 Å². The minimum Gasteiger partial charge on any atom is -0.493 e. The van der Waals surface area contributed by atoms with Crippen molar-refractivity contribution in [3.05, 3.63) is 23.8 Å². The van der Waals surface area contributed by atoms with Crippen molar-refractivity contribution in [3.8, 4) is 11.5 Å². The predicted molar refractivity (Wildman–Crippen MR) is 84.1 cm³/mol. The van der Waals surface area contributed by atoms with Gasteiger partial charge in [-0.05, 0) is 43.7 Å². The minimum absolute atomic E-state index is 0.144. The van der Waals surface area contributed by atoms with Crippen molar-refractivity contribution in [1.82, 2.24) is 0 Å². The Hall–Kier alpha value is -1.26. The van der Waals surface area contributed by atoms with E-state index in [9.17, 15) is 0 Å². The molecule has 0 bridgehead atoms. The monoisotopic (exact) mass is 293 g/mol. The Labute approximate surface area is 127 Å². The second-order valence-corrected chi connectivity index (χ2v) is 5.62. The number of methoxy groups -OCH3 is 1. The van der Waals surface area contributed by atoms with E-state index in [4.69, 9.17) is 19.9 Å². The zero-order valence-electron chi connectivity index (χ0n) is 13.1. The fourth-order valence-corrected chi connectivity index (χ4v) is 2.59. The smallest absolute Gasteiger partial charge is 0.164 e. The van der Waals surface area contributed by atoms with Gasteiger partial charge in [0.25, 0.3) is 0 Å². The Balaban J connectivity index is 2.06. The van der Waals surface area contributed by atoms with Crippen molar-refractivity contribution >= 4 is 0 Å². The van der Waals surface area contributed by atoms with Crippen LogP contribution in [0.2, 0.25) is 0 Å². The summed E-state index contributed by atoms with van der Waals surface area (Å²) in [5.74, 6) is 1.59. The van der Waals surface area contributed by atoms with Crippen LogP contribution >= 0.6 is 0 Å². The molecule has 4 heteroatoms. The van der Waals surface area contributed by atoms with Crippen molar-refractivity contribution in [2.24, 2.45) is 5.73 Å². The average Bonchev–Trinajstić information content (AvgIpc) is 2.54. The number of rotatable bonds is 7. The molecule has 118 valence electrons. The Kier molecular flexibility index (Phi) is 6.33. The molecule has 21 heavy (non-hydrogen) atoms. The number of ether oxygens (including phenoxy) is 3. The van der Waals surface area contributed by atoms with Crippen LogP contribution in [0.15, 0.2) is 18.2 Å². The third-order valence-corrected chi connectivity index (χ3v) is 3.97. The Morgan fingerprint density at radius 1 is 1.38 bits per heavy atom. The van der Waals surface area contributed by atoms with Gasteiger partial charge in [-0.3, -0.25) is 0 Å². The minimum atomic E-state index is 0.144. The summed E-state index contributed by atoms with van der Waals surface area (Å²) in [6, 6.07) is 6.12. The summed E-state index contributed by atoms with van der Waals surface area (Å²) in [6.07, 6.45) is 5.38. The van der Waals surface area contributed by atoms with Crippen molar-refractivity contribution in [2.75, 3.05) is 20.3 Å².